The van der Waals surface area contributed by atoms with Gasteiger partial charge in [-0.05, 0) is 36.1 Å². The summed E-state index contributed by atoms with van der Waals surface area (Å²) in [5.41, 5.74) is 1.60. The van der Waals surface area contributed by atoms with Crippen molar-refractivity contribution in [3.05, 3.63) is 59.7 Å². The molecule has 0 amide bonds. The van der Waals surface area contributed by atoms with Crippen LogP contribution in [0.3, 0.4) is 0 Å². The Morgan fingerprint density at radius 3 is 2.14 bits per heavy atom. The number of hydrogen-bond acceptors (Lipinski definition) is 5. The molecule has 0 saturated carbocycles. The van der Waals surface area contributed by atoms with Crippen LogP contribution < -0.4 is 9.47 Å². The molecule has 2 aromatic rings. The van der Waals surface area contributed by atoms with Crippen molar-refractivity contribution in [1.82, 2.24) is 4.90 Å². The molecule has 2 bridgehead atoms. The van der Waals surface area contributed by atoms with E-state index in [1.165, 1.54) is 5.56 Å². The van der Waals surface area contributed by atoms with Gasteiger partial charge in [-0.2, -0.15) is 0 Å². The summed E-state index contributed by atoms with van der Waals surface area (Å²) in [6, 6.07) is 16.8. The molecule has 0 spiro atoms. The summed E-state index contributed by atoms with van der Waals surface area (Å²) in [6.07, 6.45) is 2.00. The van der Waals surface area contributed by atoms with Crippen molar-refractivity contribution in [3.63, 3.8) is 0 Å². The number of fused-ring (bicyclic) bond motifs is 2. The molecule has 2 fully saturated rings. The van der Waals surface area contributed by atoms with Crippen LogP contribution in [0.1, 0.15) is 24.0 Å². The number of piperidine rings is 1. The van der Waals surface area contributed by atoms with Crippen molar-refractivity contribution < 1.29 is 19.3 Å². The normalized spacial score (nSPS) is 27.4. The highest BCUT2D eigenvalue weighted by Gasteiger charge is 2.46. The average molecular weight is 383 g/mol. The molecule has 2 aromatic carbocycles. The summed E-state index contributed by atoms with van der Waals surface area (Å²) in [7, 11) is 3.30. The van der Waals surface area contributed by atoms with E-state index in [0.717, 1.165) is 23.6 Å². The molecule has 150 valence electrons. The predicted molar refractivity (Wildman–Crippen MR) is 108 cm³/mol. The van der Waals surface area contributed by atoms with E-state index in [-0.39, 0.29) is 12.1 Å². The van der Waals surface area contributed by atoms with Crippen LogP contribution in [0.5, 0.6) is 11.5 Å². The smallest absolute Gasteiger partial charge is 0.122 e. The second kappa shape index (κ2) is 8.11. The molecular formula is C23H29NO4. The Kier molecular flexibility index (Phi) is 5.58. The van der Waals surface area contributed by atoms with Gasteiger partial charge in [0, 0.05) is 31.1 Å². The molecule has 2 heterocycles. The van der Waals surface area contributed by atoms with Crippen LogP contribution >= 0.6 is 0 Å². The molecule has 1 N–H and O–H groups in total. The maximum atomic E-state index is 11.5. The molecule has 2 aliphatic rings. The van der Waals surface area contributed by atoms with E-state index < -0.39 is 5.60 Å². The van der Waals surface area contributed by atoms with Crippen LogP contribution in [0.4, 0.5) is 0 Å². The maximum absolute atomic E-state index is 11.5. The molecule has 5 nitrogen and oxygen atoms in total. The summed E-state index contributed by atoms with van der Waals surface area (Å²) >= 11 is 0. The van der Waals surface area contributed by atoms with Crippen LogP contribution in [0, 0.1) is 0 Å². The lowest BCUT2D eigenvalue weighted by Crippen LogP contribution is -2.61. The lowest BCUT2D eigenvalue weighted by molar-refractivity contribution is -0.145. The van der Waals surface area contributed by atoms with Gasteiger partial charge in [-0.15, -0.1) is 0 Å². The van der Waals surface area contributed by atoms with Crippen molar-refractivity contribution in [2.24, 2.45) is 0 Å². The summed E-state index contributed by atoms with van der Waals surface area (Å²) in [4.78, 5) is 2.51. The van der Waals surface area contributed by atoms with Crippen molar-refractivity contribution >= 4 is 0 Å². The first kappa shape index (κ1) is 19.2. The highest BCUT2D eigenvalue weighted by Crippen LogP contribution is 2.38. The number of ether oxygens (including phenoxy) is 3. The van der Waals surface area contributed by atoms with Crippen molar-refractivity contribution in [1.29, 1.82) is 0 Å². The Bertz CT molecular complexity index is 758. The van der Waals surface area contributed by atoms with Gasteiger partial charge in [0.15, 0.2) is 0 Å². The van der Waals surface area contributed by atoms with Crippen LogP contribution in [0.25, 0.3) is 0 Å². The number of nitrogens with zero attached hydrogens (tertiary/aromatic N) is 1. The van der Waals surface area contributed by atoms with Gasteiger partial charge >= 0.3 is 0 Å². The number of morpholine rings is 1. The topological polar surface area (TPSA) is 51.2 Å². The zero-order valence-corrected chi connectivity index (χ0v) is 16.6. The average Bonchev–Trinajstić information content (AvgIpc) is 2.69. The van der Waals surface area contributed by atoms with E-state index in [1.54, 1.807) is 14.2 Å². The summed E-state index contributed by atoms with van der Waals surface area (Å²) < 4.78 is 16.6. The SMILES string of the molecule is COc1cc(CC2(O)CC3COCC(C2)N3Cc2ccccc2)cc(OC)c1. The first-order valence-corrected chi connectivity index (χ1v) is 9.90. The van der Waals surface area contributed by atoms with Crippen molar-refractivity contribution in [2.75, 3.05) is 27.4 Å². The fraction of sp³-hybridized carbons (Fsp3) is 0.478. The standard InChI is InChI=1S/C23H29NO4/c1-26-21-8-18(9-22(10-21)27-2)11-23(25)12-19-15-28-16-20(13-23)24(19)14-17-6-4-3-5-7-17/h3-10,19-20,25H,11-16H2,1-2H3. The maximum Gasteiger partial charge on any atom is 0.122 e. The number of aliphatic hydroxyl groups is 1. The molecule has 2 unspecified atom stereocenters. The molecule has 0 aromatic heterocycles. The van der Waals surface area contributed by atoms with Gasteiger partial charge in [-0.1, -0.05) is 30.3 Å². The molecule has 28 heavy (non-hydrogen) atoms. The molecule has 0 radical (unpaired) electrons. The lowest BCUT2D eigenvalue weighted by Gasteiger charge is -2.52. The molecule has 2 atom stereocenters. The fourth-order valence-corrected chi connectivity index (χ4v) is 4.69. The highest BCUT2D eigenvalue weighted by molar-refractivity contribution is 5.39. The van der Waals surface area contributed by atoms with Gasteiger partial charge in [0.05, 0.1) is 33.0 Å². The van der Waals surface area contributed by atoms with Crippen LogP contribution in [0.15, 0.2) is 48.5 Å². The van der Waals surface area contributed by atoms with Crippen LogP contribution in [0.2, 0.25) is 0 Å². The first-order chi connectivity index (χ1) is 13.6. The minimum Gasteiger partial charge on any atom is -0.497 e. The van der Waals surface area contributed by atoms with Crippen molar-refractivity contribution in [2.45, 2.75) is 43.5 Å². The lowest BCUT2D eigenvalue weighted by atomic mass is 9.77. The minimum atomic E-state index is -0.746. The molecule has 2 saturated heterocycles. The van der Waals surface area contributed by atoms with Crippen LogP contribution in [-0.2, 0) is 17.7 Å². The highest BCUT2D eigenvalue weighted by atomic mass is 16.5. The quantitative estimate of drug-likeness (QED) is 0.831. The fourth-order valence-electron chi connectivity index (χ4n) is 4.69. The Balaban J connectivity index is 1.51. The Labute approximate surface area is 166 Å². The molecular weight excluding hydrogens is 354 g/mol. The van der Waals surface area contributed by atoms with E-state index >= 15 is 0 Å². The van der Waals surface area contributed by atoms with Gasteiger partial charge in [0.1, 0.15) is 11.5 Å². The number of benzene rings is 2. The molecule has 4 rings (SSSR count). The van der Waals surface area contributed by atoms with E-state index in [0.29, 0.717) is 32.5 Å². The number of methoxy groups -OCH3 is 2. The Morgan fingerprint density at radius 2 is 1.57 bits per heavy atom. The van der Waals surface area contributed by atoms with Crippen LogP contribution in [-0.4, -0.2) is 55.1 Å². The summed E-state index contributed by atoms with van der Waals surface area (Å²) in [6.45, 7) is 2.25. The largest absolute Gasteiger partial charge is 0.497 e. The number of hydrogen-bond donors (Lipinski definition) is 1. The third kappa shape index (κ3) is 4.17. The van der Waals surface area contributed by atoms with E-state index in [4.69, 9.17) is 14.2 Å². The van der Waals surface area contributed by atoms with Gasteiger partial charge in [0.25, 0.3) is 0 Å². The second-order valence-electron chi connectivity index (χ2n) is 8.03. The monoisotopic (exact) mass is 383 g/mol. The number of rotatable bonds is 6. The molecule has 5 heteroatoms. The zero-order chi connectivity index (χ0) is 19.6. The van der Waals surface area contributed by atoms with Gasteiger partial charge < -0.3 is 19.3 Å². The first-order valence-electron chi connectivity index (χ1n) is 9.90. The predicted octanol–water partition coefficient (Wildman–Crippen LogP) is 3.04. The molecule has 0 aliphatic carbocycles. The third-order valence-electron chi connectivity index (χ3n) is 5.94. The summed E-state index contributed by atoms with van der Waals surface area (Å²) in [5, 5.41) is 11.5. The van der Waals surface area contributed by atoms with E-state index in [2.05, 4.69) is 29.2 Å². The van der Waals surface area contributed by atoms with E-state index in [9.17, 15) is 5.11 Å². The Morgan fingerprint density at radius 1 is 0.964 bits per heavy atom. The minimum absolute atomic E-state index is 0.227. The zero-order valence-electron chi connectivity index (χ0n) is 16.6. The Hall–Kier alpha value is -2.08. The third-order valence-corrected chi connectivity index (χ3v) is 5.94. The van der Waals surface area contributed by atoms with Gasteiger partial charge in [-0.3, -0.25) is 4.90 Å². The molecule has 2 aliphatic heterocycles. The summed E-state index contributed by atoms with van der Waals surface area (Å²) in [5.74, 6) is 1.51. The van der Waals surface area contributed by atoms with Gasteiger partial charge in [-0.25, -0.2) is 0 Å². The second-order valence-corrected chi connectivity index (χ2v) is 8.03. The van der Waals surface area contributed by atoms with Crippen molar-refractivity contribution in [3.8, 4) is 11.5 Å². The van der Waals surface area contributed by atoms with E-state index in [1.807, 2.05) is 24.3 Å². The van der Waals surface area contributed by atoms with Gasteiger partial charge in [0.2, 0.25) is 0 Å².